The van der Waals surface area contributed by atoms with Gasteiger partial charge in [-0.15, -0.1) is 0 Å². The third kappa shape index (κ3) is 5.92. The predicted octanol–water partition coefficient (Wildman–Crippen LogP) is 3.88. The molecule has 0 fully saturated rings. The molecule has 0 heterocycles. The second-order valence-corrected chi connectivity index (χ2v) is 6.13. The van der Waals surface area contributed by atoms with Gasteiger partial charge in [0.25, 0.3) is 0 Å². The number of carbonyl (C=O) groups is 1. The lowest BCUT2D eigenvalue weighted by Crippen LogP contribution is -2.39. The number of anilines is 1. The molecule has 2 aromatic carbocycles. The first-order valence-corrected chi connectivity index (χ1v) is 8.41. The first kappa shape index (κ1) is 19.0. The minimum Gasteiger partial charge on any atom is -0.491 e. The molecule has 0 radical (unpaired) electrons. The van der Waals surface area contributed by atoms with Crippen LogP contribution in [0.3, 0.4) is 0 Å². The van der Waals surface area contributed by atoms with Crippen molar-refractivity contribution in [2.75, 3.05) is 19.0 Å². The summed E-state index contributed by atoms with van der Waals surface area (Å²) in [5, 5.41) is 6.92. The van der Waals surface area contributed by atoms with Crippen LogP contribution >= 0.6 is 23.8 Å². The van der Waals surface area contributed by atoms with Crippen LogP contribution in [0.4, 0.5) is 5.69 Å². The molecule has 7 heteroatoms. The highest BCUT2D eigenvalue weighted by Gasteiger charge is 2.11. The van der Waals surface area contributed by atoms with Crippen LogP contribution in [0.25, 0.3) is 0 Å². The first-order valence-electron chi connectivity index (χ1n) is 7.63. The fraction of sp³-hybridized carbons (Fsp3) is 0.222. The smallest absolute Gasteiger partial charge is 0.337 e. The van der Waals surface area contributed by atoms with Gasteiger partial charge in [0, 0.05) is 0 Å². The zero-order valence-electron chi connectivity index (χ0n) is 13.9. The van der Waals surface area contributed by atoms with Crippen LogP contribution in [0.2, 0.25) is 5.02 Å². The molecule has 0 aliphatic rings. The van der Waals surface area contributed by atoms with E-state index in [2.05, 4.69) is 10.6 Å². The summed E-state index contributed by atoms with van der Waals surface area (Å²) in [6.07, 6.45) is 0. The Morgan fingerprint density at radius 3 is 2.64 bits per heavy atom. The lowest BCUT2D eigenvalue weighted by Gasteiger charge is -2.18. The monoisotopic (exact) mass is 378 g/mol. The number of esters is 1. The van der Waals surface area contributed by atoms with Gasteiger partial charge in [0.1, 0.15) is 12.4 Å². The quantitative estimate of drug-likeness (QED) is 0.587. The van der Waals surface area contributed by atoms with Crippen LogP contribution in [-0.4, -0.2) is 30.8 Å². The fourth-order valence-corrected chi connectivity index (χ4v) is 2.50. The zero-order valence-corrected chi connectivity index (χ0v) is 15.5. The number of rotatable bonds is 6. The Labute approximate surface area is 157 Å². The van der Waals surface area contributed by atoms with Gasteiger partial charge < -0.3 is 20.1 Å². The van der Waals surface area contributed by atoms with Gasteiger partial charge in [-0.1, -0.05) is 29.8 Å². The number of halogens is 1. The van der Waals surface area contributed by atoms with Crippen molar-refractivity contribution in [1.82, 2.24) is 5.32 Å². The molecule has 132 valence electrons. The largest absolute Gasteiger partial charge is 0.491 e. The van der Waals surface area contributed by atoms with Crippen LogP contribution in [0.5, 0.6) is 5.75 Å². The number of nitrogens with one attached hydrogen (secondary N) is 2. The molecule has 0 aromatic heterocycles. The number of para-hydroxylation sites is 1. The molecule has 0 aliphatic heterocycles. The van der Waals surface area contributed by atoms with E-state index in [0.717, 1.165) is 5.75 Å². The molecule has 0 saturated carbocycles. The second kappa shape index (κ2) is 9.25. The van der Waals surface area contributed by atoms with Gasteiger partial charge in [0.15, 0.2) is 5.11 Å². The lowest BCUT2D eigenvalue weighted by atomic mass is 10.2. The van der Waals surface area contributed by atoms with Gasteiger partial charge in [-0.05, 0) is 49.5 Å². The molecule has 0 amide bonds. The van der Waals surface area contributed by atoms with Gasteiger partial charge in [-0.3, -0.25) is 0 Å². The molecule has 2 N–H and O–H groups in total. The second-order valence-electron chi connectivity index (χ2n) is 5.31. The van der Waals surface area contributed by atoms with Crippen molar-refractivity contribution in [3.8, 4) is 5.75 Å². The number of carbonyl (C=O) groups excluding carboxylic acids is 1. The number of thiocarbonyl (C=S) groups is 1. The van der Waals surface area contributed by atoms with Crippen molar-refractivity contribution >= 4 is 40.6 Å². The average molecular weight is 379 g/mol. The van der Waals surface area contributed by atoms with E-state index >= 15 is 0 Å². The highest BCUT2D eigenvalue weighted by molar-refractivity contribution is 7.80. The summed E-state index contributed by atoms with van der Waals surface area (Å²) in [4.78, 5) is 11.6. The molecular formula is C18H19ClN2O3S. The molecule has 0 unspecified atom stereocenters. The normalized spacial score (nSPS) is 11.3. The molecule has 0 saturated heterocycles. The van der Waals surface area contributed by atoms with Crippen LogP contribution in [0, 0.1) is 0 Å². The Morgan fingerprint density at radius 2 is 1.96 bits per heavy atom. The maximum atomic E-state index is 11.6. The van der Waals surface area contributed by atoms with E-state index in [1.54, 1.807) is 18.2 Å². The molecule has 25 heavy (non-hydrogen) atoms. The first-order chi connectivity index (χ1) is 12.0. The number of methoxy groups -OCH3 is 1. The van der Waals surface area contributed by atoms with Crippen molar-refractivity contribution in [2.24, 2.45) is 0 Å². The predicted molar refractivity (Wildman–Crippen MR) is 104 cm³/mol. The third-order valence-corrected chi connectivity index (χ3v) is 3.81. The number of hydrogen-bond donors (Lipinski definition) is 2. The topological polar surface area (TPSA) is 59.6 Å². The van der Waals surface area contributed by atoms with Crippen LogP contribution in [0.15, 0.2) is 48.5 Å². The van der Waals surface area contributed by atoms with Gasteiger partial charge in [0.2, 0.25) is 0 Å². The van der Waals surface area contributed by atoms with Crippen LogP contribution in [-0.2, 0) is 4.74 Å². The minimum atomic E-state index is -0.441. The molecule has 1 atom stereocenters. The van der Waals surface area contributed by atoms with E-state index in [1.165, 1.54) is 7.11 Å². The van der Waals surface area contributed by atoms with Crippen LogP contribution in [0.1, 0.15) is 17.3 Å². The summed E-state index contributed by atoms with van der Waals surface area (Å²) in [5.74, 6) is 0.354. The Bertz CT molecular complexity index is 740. The summed E-state index contributed by atoms with van der Waals surface area (Å²) < 4.78 is 10.4. The Kier molecular flexibility index (Phi) is 7.03. The summed E-state index contributed by atoms with van der Waals surface area (Å²) in [5.41, 5.74) is 0.913. The average Bonchev–Trinajstić information content (AvgIpc) is 2.62. The van der Waals surface area contributed by atoms with Gasteiger partial charge in [-0.2, -0.15) is 0 Å². The highest BCUT2D eigenvalue weighted by atomic mass is 35.5. The Hall–Kier alpha value is -2.31. The van der Waals surface area contributed by atoms with E-state index in [1.807, 2.05) is 37.3 Å². The molecule has 0 bridgehead atoms. The lowest BCUT2D eigenvalue weighted by molar-refractivity contribution is 0.0601. The van der Waals surface area contributed by atoms with E-state index < -0.39 is 5.97 Å². The molecule has 2 aromatic rings. The Morgan fingerprint density at radius 1 is 1.24 bits per heavy atom. The summed E-state index contributed by atoms with van der Waals surface area (Å²) >= 11 is 11.4. The number of hydrogen-bond acceptors (Lipinski definition) is 4. The maximum Gasteiger partial charge on any atom is 0.337 e. The van der Waals surface area contributed by atoms with Gasteiger partial charge in [-0.25, -0.2) is 4.79 Å². The van der Waals surface area contributed by atoms with E-state index in [4.69, 9.17) is 33.3 Å². The molecule has 0 spiro atoms. The van der Waals surface area contributed by atoms with Crippen molar-refractivity contribution in [3.63, 3.8) is 0 Å². The maximum absolute atomic E-state index is 11.6. The van der Waals surface area contributed by atoms with Gasteiger partial charge in [0.05, 0.1) is 29.4 Å². The number of benzene rings is 2. The number of ether oxygens (including phenoxy) is 2. The van der Waals surface area contributed by atoms with E-state index in [-0.39, 0.29) is 6.04 Å². The molecular weight excluding hydrogens is 360 g/mol. The minimum absolute atomic E-state index is 0.0252. The fourth-order valence-electron chi connectivity index (χ4n) is 2.03. The van der Waals surface area contributed by atoms with Crippen molar-refractivity contribution in [3.05, 3.63) is 59.1 Å². The van der Waals surface area contributed by atoms with Gasteiger partial charge >= 0.3 is 5.97 Å². The standard InChI is InChI=1S/C18H19ClN2O3S/c1-12(11-24-14-6-4-3-5-7-14)20-18(25)21-16-10-13(17(22)23-2)8-9-15(16)19/h3-10,12H,11H2,1-2H3,(H2,20,21,25)/t12-/m0/s1. The van der Waals surface area contributed by atoms with E-state index in [0.29, 0.717) is 28.0 Å². The van der Waals surface area contributed by atoms with E-state index in [9.17, 15) is 4.79 Å². The summed E-state index contributed by atoms with van der Waals surface area (Å²) in [6, 6.07) is 14.3. The molecule has 0 aliphatic carbocycles. The summed E-state index contributed by atoms with van der Waals surface area (Å²) in [6.45, 7) is 2.39. The highest BCUT2D eigenvalue weighted by Crippen LogP contribution is 2.23. The SMILES string of the molecule is COC(=O)c1ccc(Cl)c(NC(=S)N[C@@H](C)COc2ccccc2)c1. The zero-order chi connectivity index (χ0) is 18.2. The Balaban J connectivity index is 1.90. The van der Waals surface area contributed by atoms with Crippen LogP contribution < -0.4 is 15.4 Å². The molecule has 5 nitrogen and oxygen atoms in total. The molecule has 2 rings (SSSR count). The third-order valence-electron chi connectivity index (χ3n) is 3.26. The summed E-state index contributed by atoms with van der Waals surface area (Å²) in [7, 11) is 1.32. The van der Waals surface area contributed by atoms with Crippen molar-refractivity contribution < 1.29 is 14.3 Å². The van der Waals surface area contributed by atoms with Crippen molar-refractivity contribution in [2.45, 2.75) is 13.0 Å². The van der Waals surface area contributed by atoms with Crippen molar-refractivity contribution in [1.29, 1.82) is 0 Å².